The number of Topliss-reactive ketones (excluding diaryl/α,β-unsaturated/α-hetero) is 2. The fourth-order valence-corrected chi connectivity index (χ4v) is 2.21. The lowest BCUT2D eigenvalue weighted by Gasteiger charge is -2.18. The van der Waals surface area contributed by atoms with Crippen LogP contribution in [0.5, 0.6) is 0 Å². The summed E-state index contributed by atoms with van der Waals surface area (Å²) in [6.07, 6.45) is 0. The monoisotopic (exact) mass is 412 g/mol. The van der Waals surface area contributed by atoms with Crippen molar-refractivity contribution in [1.29, 1.82) is 0 Å². The molecule has 8 nitrogen and oxygen atoms in total. The number of hydrogen-bond donors (Lipinski definition) is 0. The Bertz CT molecular complexity index is 496. The first kappa shape index (κ1) is 22.9. The second kappa shape index (κ2) is 13.1. The summed E-state index contributed by atoms with van der Waals surface area (Å²) in [4.78, 5) is 24.5. The first-order valence-corrected chi connectivity index (χ1v) is 8.58. The van der Waals surface area contributed by atoms with Crippen molar-refractivity contribution in [1.82, 2.24) is 0 Å². The molecule has 1 aliphatic rings. The van der Waals surface area contributed by atoms with Gasteiger partial charge in [-0.2, -0.15) is 0 Å². The van der Waals surface area contributed by atoms with E-state index in [0.717, 1.165) is 0 Å². The molecule has 1 rings (SSSR count). The molecular formula is C16H22Cl2O8. The molecule has 148 valence electrons. The molecule has 0 aromatic rings. The number of carbonyl (C=O) groups excluding carboxylic acids is 2. The minimum Gasteiger partial charge on any atom is -0.485 e. The van der Waals surface area contributed by atoms with E-state index in [2.05, 4.69) is 0 Å². The van der Waals surface area contributed by atoms with Crippen LogP contribution in [-0.4, -0.2) is 78.6 Å². The normalized spacial score (nSPS) is 15.1. The first-order valence-electron chi connectivity index (χ1n) is 7.82. The maximum absolute atomic E-state index is 12.2. The number of methoxy groups -OCH3 is 2. The Labute approximate surface area is 161 Å². The Hall–Kier alpha value is -1.16. The van der Waals surface area contributed by atoms with E-state index in [1.807, 2.05) is 0 Å². The van der Waals surface area contributed by atoms with E-state index in [9.17, 15) is 9.59 Å². The highest BCUT2D eigenvalue weighted by atomic mass is 35.5. The van der Waals surface area contributed by atoms with Crippen molar-refractivity contribution in [3.05, 3.63) is 21.6 Å². The van der Waals surface area contributed by atoms with E-state index in [1.54, 1.807) is 14.2 Å². The molecule has 0 heterocycles. The third-order valence-corrected chi connectivity index (χ3v) is 3.71. The zero-order valence-electron chi connectivity index (χ0n) is 14.7. The predicted octanol–water partition coefficient (Wildman–Crippen LogP) is 1.40. The summed E-state index contributed by atoms with van der Waals surface area (Å²) in [6.45, 7) is 2.08. The summed E-state index contributed by atoms with van der Waals surface area (Å²) >= 11 is 11.9. The van der Waals surface area contributed by atoms with Crippen LogP contribution in [0, 0.1) is 0 Å². The summed E-state index contributed by atoms with van der Waals surface area (Å²) < 4.78 is 30.5. The SMILES string of the molecule is COCCOCCOC1=C(Cl)C(=O)C(OCCOCCOC)=C(Cl)C1=O. The molecule has 0 bridgehead atoms. The van der Waals surface area contributed by atoms with Crippen LogP contribution in [0.4, 0.5) is 0 Å². The topological polar surface area (TPSA) is 89.5 Å². The Morgan fingerprint density at radius 1 is 0.615 bits per heavy atom. The Balaban J connectivity index is 2.51. The van der Waals surface area contributed by atoms with Crippen LogP contribution < -0.4 is 0 Å². The zero-order valence-corrected chi connectivity index (χ0v) is 16.2. The predicted molar refractivity (Wildman–Crippen MR) is 93.1 cm³/mol. The van der Waals surface area contributed by atoms with Crippen molar-refractivity contribution in [3.8, 4) is 0 Å². The van der Waals surface area contributed by atoms with E-state index >= 15 is 0 Å². The number of hydrogen-bond acceptors (Lipinski definition) is 8. The van der Waals surface area contributed by atoms with Gasteiger partial charge >= 0.3 is 0 Å². The number of allylic oxidation sites excluding steroid dienone is 2. The summed E-state index contributed by atoms with van der Waals surface area (Å²) in [7, 11) is 3.10. The van der Waals surface area contributed by atoms with Gasteiger partial charge < -0.3 is 28.4 Å². The molecule has 0 spiro atoms. The Morgan fingerprint density at radius 2 is 0.962 bits per heavy atom. The fraction of sp³-hybridized carbons (Fsp3) is 0.625. The van der Waals surface area contributed by atoms with Gasteiger partial charge in [0.15, 0.2) is 11.5 Å². The molecule has 26 heavy (non-hydrogen) atoms. The molecule has 0 unspecified atom stereocenters. The van der Waals surface area contributed by atoms with E-state index in [-0.39, 0.29) is 48.0 Å². The highest BCUT2D eigenvalue weighted by molar-refractivity contribution is 6.55. The third kappa shape index (κ3) is 7.22. The lowest BCUT2D eigenvalue weighted by Crippen LogP contribution is -2.25. The molecular weight excluding hydrogens is 391 g/mol. The highest BCUT2D eigenvalue weighted by Crippen LogP contribution is 2.30. The van der Waals surface area contributed by atoms with Crippen LogP contribution in [0.2, 0.25) is 0 Å². The van der Waals surface area contributed by atoms with E-state index in [4.69, 9.17) is 51.6 Å². The molecule has 0 amide bonds. The molecule has 0 atom stereocenters. The zero-order chi connectivity index (χ0) is 19.4. The fourth-order valence-electron chi connectivity index (χ4n) is 1.76. The van der Waals surface area contributed by atoms with Crippen LogP contribution in [0.15, 0.2) is 21.6 Å². The van der Waals surface area contributed by atoms with Gasteiger partial charge in [0.1, 0.15) is 23.3 Å². The Kier molecular flexibility index (Phi) is 11.5. The molecule has 0 saturated carbocycles. The maximum Gasteiger partial charge on any atom is 0.244 e. The van der Waals surface area contributed by atoms with Crippen LogP contribution >= 0.6 is 23.2 Å². The van der Waals surface area contributed by atoms with Gasteiger partial charge in [-0.15, -0.1) is 0 Å². The summed E-state index contributed by atoms with van der Waals surface area (Å²) in [5.74, 6) is -2.08. The van der Waals surface area contributed by atoms with Crippen molar-refractivity contribution in [2.75, 3.05) is 67.1 Å². The van der Waals surface area contributed by atoms with Crippen molar-refractivity contribution in [2.24, 2.45) is 0 Å². The van der Waals surface area contributed by atoms with E-state index < -0.39 is 11.6 Å². The molecule has 0 aromatic heterocycles. The lowest BCUT2D eigenvalue weighted by molar-refractivity contribution is -0.120. The molecule has 0 radical (unpaired) electrons. The summed E-state index contributed by atoms with van der Waals surface area (Å²) in [5.41, 5.74) is 0. The largest absolute Gasteiger partial charge is 0.485 e. The highest BCUT2D eigenvalue weighted by Gasteiger charge is 2.36. The molecule has 0 N–H and O–H groups in total. The molecule has 0 aromatic carbocycles. The third-order valence-electron chi connectivity index (χ3n) is 3.02. The molecule has 10 heteroatoms. The lowest BCUT2D eigenvalue weighted by atomic mass is 10.1. The standard InChI is InChI=1S/C16H22Cl2O8/c1-21-3-5-23-7-9-25-15-11(17)14(20)16(12(18)13(15)19)26-10-8-24-6-4-22-2/h3-10H2,1-2H3. The summed E-state index contributed by atoms with van der Waals surface area (Å²) in [6, 6.07) is 0. The number of ketones is 2. The second-order valence-corrected chi connectivity index (χ2v) is 5.61. The van der Waals surface area contributed by atoms with Gasteiger partial charge in [-0.3, -0.25) is 9.59 Å². The van der Waals surface area contributed by atoms with Crippen molar-refractivity contribution in [3.63, 3.8) is 0 Å². The van der Waals surface area contributed by atoms with Crippen LogP contribution in [-0.2, 0) is 38.0 Å². The van der Waals surface area contributed by atoms with Gasteiger partial charge in [-0.1, -0.05) is 23.2 Å². The second-order valence-electron chi connectivity index (χ2n) is 4.85. The van der Waals surface area contributed by atoms with Crippen molar-refractivity contribution >= 4 is 34.8 Å². The molecule has 0 saturated heterocycles. The van der Waals surface area contributed by atoms with Gasteiger partial charge in [-0.05, 0) is 0 Å². The molecule has 0 fully saturated rings. The van der Waals surface area contributed by atoms with Crippen molar-refractivity contribution in [2.45, 2.75) is 0 Å². The first-order chi connectivity index (χ1) is 12.5. The molecule has 0 aliphatic heterocycles. The van der Waals surface area contributed by atoms with E-state index in [0.29, 0.717) is 26.4 Å². The minimum absolute atomic E-state index is 0.0297. The quantitative estimate of drug-likeness (QED) is 0.312. The number of rotatable bonds is 14. The minimum atomic E-state index is -0.719. The smallest absolute Gasteiger partial charge is 0.244 e. The van der Waals surface area contributed by atoms with Crippen LogP contribution in [0.1, 0.15) is 0 Å². The maximum atomic E-state index is 12.2. The average Bonchev–Trinajstić information content (AvgIpc) is 2.64. The van der Waals surface area contributed by atoms with Gasteiger partial charge in [0, 0.05) is 14.2 Å². The van der Waals surface area contributed by atoms with Gasteiger partial charge in [-0.25, -0.2) is 0 Å². The summed E-state index contributed by atoms with van der Waals surface area (Å²) in [5, 5.41) is -0.766. The van der Waals surface area contributed by atoms with Gasteiger partial charge in [0.2, 0.25) is 11.6 Å². The molecule has 1 aliphatic carbocycles. The van der Waals surface area contributed by atoms with Gasteiger partial charge in [0.05, 0.1) is 39.6 Å². The average molecular weight is 413 g/mol. The van der Waals surface area contributed by atoms with Crippen LogP contribution in [0.25, 0.3) is 0 Å². The Morgan fingerprint density at radius 3 is 1.31 bits per heavy atom. The number of halogens is 2. The van der Waals surface area contributed by atoms with Gasteiger partial charge in [0.25, 0.3) is 0 Å². The number of ether oxygens (including phenoxy) is 6. The van der Waals surface area contributed by atoms with E-state index in [1.165, 1.54) is 0 Å². The van der Waals surface area contributed by atoms with Crippen LogP contribution in [0.3, 0.4) is 0 Å². The van der Waals surface area contributed by atoms with Crippen molar-refractivity contribution < 1.29 is 38.0 Å². The number of carbonyl (C=O) groups is 2.